The number of Topliss-reactive ketones (excluding diaryl/α,β-unsaturated/α-hetero) is 1. The van der Waals surface area contributed by atoms with E-state index in [9.17, 15) is 23.6 Å². The number of hydrogen-bond donors (Lipinski definition) is 1. The van der Waals surface area contributed by atoms with Crippen LogP contribution in [0.4, 0.5) is 4.39 Å². The number of hydrogen-bond acceptors (Lipinski definition) is 6. The van der Waals surface area contributed by atoms with Gasteiger partial charge in [0.25, 0.3) is 0 Å². The number of nitrogens with one attached hydrogen (secondary N) is 1. The number of halogens is 1. The van der Waals surface area contributed by atoms with Gasteiger partial charge in [-0.2, -0.15) is 0 Å². The van der Waals surface area contributed by atoms with E-state index in [2.05, 4.69) is 0 Å². The molecule has 0 radical (unpaired) electrons. The van der Waals surface area contributed by atoms with Crippen LogP contribution in [0, 0.1) is 5.82 Å². The Bertz CT molecular complexity index is 613. The monoisotopic (exact) mass is 339 g/mol. The van der Waals surface area contributed by atoms with Crippen LogP contribution >= 0.6 is 0 Å². The molecule has 0 spiro atoms. The van der Waals surface area contributed by atoms with Crippen molar-refractivity contribution in [1.29, 1.82) is 0 Å². The van der Waals surface area contributed by atoms with E-state index >= 15 is 0 Å². The molecule has 0 aliphatic rings. The maximum Gasteiger partial charge on any atom is 0.344 e. The molecule has 1 aromatic carbocycles. The van der Waals surface area contributed by atoms with Gasteiger partial charge in [-0.15, -0.1) is 0 Å². The van der Waals surface area contributed by atoms with Crippen molar-refractivity contribution in [3.8, 4) is 0 Å². The first-order chi connectivity index (χ1) is 11.4. The first kappa shape index (κ1) is 19.3. The zero-order chi connectivity index (χ0) is 18.2. The minimum absolute atomic E-state index is 0.0858. The molecule has 1 N–H and O–H groups in total. The maximum absolute atomic E-state index is 13.8. The third-order valence-electron chi connectivity index (χ3n) is 3.15. The lowest BCUT2D eigenvalue weighted by molar-refractivity contribution is -0.167. The molecule has 24 heavy (non-hydrogen) atoms. The quantitative estimate of drug-likeness (QED) is 0.312. The van der Waals surface area contributed by atoms with Crippen molar-refractivity contribution in [3.63, 3.8) is 0 Å². The first-order valence-electron chi connectivity index (χ1n) is 7.26. The van der Waals surface area contributed by atoms with Crippen LogP contribution in [0.2, 0.25) is 0 Å². The van der Waals surface area contributed by atoms with E-state index in [-0.39, 0.29) is 25.2 Å². The second kappa shape index (κ2) is 8.76. The highest BCUT2D eigenvalue weighted by molar-refractivity contribution is 6.12. The highest BCUT2D eigenvalue weighted by Gasteiger charge is 2.51. The lowest BCUT2D eigenvalue weighted by Crippen LogP contribution is -2.60. The summed E-state index contributed by atoms with van der Waals surface area (Å²) in [5.74, 6) is -3.97. The first-order valence-corrected chi connectivity index (χ1v) is 7.26. The number of ether oxygens (including phenoxy) is 2. The van der Waals surface area contributed by atoms with Crippen LogP contribution in [0.25, 0.3) is 0 Å². The van der Waals surface area contributed by atoms with Crippen LogP contribution < -0.4 is 5.32 Å². The number of rotatable bonds is 9. The van der Waals surface area contributed by atoms with Crippen LogP contribution in [0.1, 0.15) is 30.6 Å². The zero-order valence-electron chi connectivity index (χ0n) is 13.3. The Morgan fingerprint density at radius 2 is 1.67 bits per heavy atom. The Hall–Kier alpha value is -2.77. The van der Waals surface area contributed by atoms with Crippen molar-refractivity contribution in [3.05, 3.63) is 35.6 Å². The molecule has 1 aromatic rings. The molecule has 0 unspecified atom stereocenters. The van der Waals surface area contributed by atoms with Crippen molar-refractivity contribution in [1.82, 2.24) is 5.32 Å². The van der Waals surface area contributed by atoms with E-state index in [0.29, 0.717) is 0 Å². The molecule has 0 saturated carbocycles. The molecule has 0 saturated heterocycles. The molecular weight excluding hydrogens is 321 g/mol. The highest BCUT2D eigenvalue weighted by atomic mass is 19.1. The van der Waals surface area contributed by atoms with Gasteiger partial charge >= 0.3 is 11.9 Å². The van der Waals surface area contributed by atoms with Crippen molar-refractivity contribution in [2.24, 2.45) is 0 Å². The van der Waals surface area contributed by atoms with Gasteiger partial charge in [0.2, 0.25) is 11.9 Å². The van der Waals surface area contributed by atoms with Gasteiger partial charge in [0.15, 0.2) is 5.78 Å². The van der Waals surface area contributed by atoms with Crippen molar-refractivity contribution in [2.45, 2.75) is 25.8 Å². The summed E-state index contributed by atoms with van der Waals surface area (Å²) in [6.45, 7) is 2.81. The van der Waals surface area contributed by atoms with Gasteiger partial charge in [-0.05, 0) is 26.0 Å². The topological polar surface area (TPSA) is 98.8 Å². The molecular formula is C16H18FNO6. The number of benzene rings is 1. The second-order valence-corrected chi connectivity index (χ2v) is 4.69. The molecule has 0 aromatic heterocycles. The summed E-state index contributed by atoms with van der Waals surface area (Å²) in [7, 11) is 0. The second-order valence-electron chi connectivity index (χ2n) is 4.69. The number of carbonyl (C=O) groups excluding carboxylic acids is 4. The van der Waals surface area contributed by atoms with E-state index in [1.54, 1.807) is 0 Å². The smallest absolute Gasteiger partial charge is 0.344 e. The number of carbonyl (C=O) groups is 4. The SMILES string of the molecule is CCOC(=O)C(CC(=O)c1ccccc1F)(NC=O)C(=O)OCC. The minimum atomic E-state index is -2.37. The molecule has 0 bridgehead atoms. The summed E-state index contributed by atoms with van der Waals surface area (Å²) < 4.78 is 23.3. The predicted molar refractivity (Wildman–Crippen MR) is 80.5 cm³/mol. The van der Waals surface area contributed by atoms with Crippen LogP contribution in [0.5, 0.6) is 0 Å². The van der Waals surface area contributed by atoms with E-state index in [4.69, 9.17) is 9.47 Å². The fourth-order valence-electron chi connectivity index (χ4n) is 2.03. The standard InChI is InChI=1S/C16H18FNO6/c1-3-23-14(21)16(18-10-19,15(22)24-4-2)9-13(20)11-7-5-6-8-12(11)17/h5-8,10H,3-4,9H2,1-2H3,(H,18,19). The number of ketones is 1. The summed E-state index contributed by atoms with van der Waals surface area (Å²) in [6.07, 6.45) is -0.743. The Kier molecular flexibility index (Phi) is 7.03. The van der Waals surface area contributed by atoms with Gasteiger partial charge in [0, 0.05) is 0 Å². The highest BCUT2D eigenvalue weighted by Crippen LogP contribution is 2.20. The molecule has 0 heterocycles. The van der Waals surface area contributed by atoms with Crippen LogP contribution in [-0.4, -0.2) is 42.9 Å². The molecule has 1 rings (SSSR count). The van der Waals surface area contributed by atoms with Gasteiger partial charge in [-0.25, -0.2) is 14.0 Å². The molecule has 8 heteroatoms. The third-order valence-corrected chi connectivity index (χ3v) is 3.15. The average Bonchev–Trinajstić information content (AvgIpc) is 2.55. The van der Waals surface area contributed by atoms with Crippen molar-refractivity contribution in [2.75, 3.05) is 13.2 Å². The van der Waals surface area contributed by atoms with E-state index < -0.39 is 35.5 Å². The fourth-order valence-corrected chi connectivity index (χ4v) is 2.03. The molecule has 0 aliphatic heterocycles. The number of esters is 2. The fraction of sp³-hybridized carbons (Fsp3) is 0.375. The average molecular weight is 339 g/mol. The van der Waals surface area contributed by atoms with Gasteiger partial charge in [-0.3, -0.25) is 9.59 Å². The maximum atomic E-state index is 13.8. The van der Waals surface area contributed by atoms with Crippen molar-refractivity contribution < 1.29 is 33.0 Å². The largest absolute Gasteiger partial charge is 0.464 e. The van der Waals surface area contributed by atoms with Crippen LogP contribution in [0.3, 0.4) is 0 Å². The lowest BCUT2D eigenvalue weighted by Gasteiger charge is -2.27. The summed E-state index contributed by atoms with van der Waals surface area (Å²) in [5, 5.41) is 2.01. The van der Waals surface area contributed by atoms with Crippen LogP contribution in [-0.2, 0) is 23.9 Å². The zero-order valence-corrected chi connectivity index (χ0v) is 13.3. The third kappa shape index (κ3) is 4.15. The summed E-state index contributed by atoms with van der Waals surface area (Å²) in [5.41, 5.74) is -2.68. The van der Waals surface area contributed by atoms with E-state index in [1.807, 2.05) is 5.32 Å². The van der Waals surface area contributed by atoms with Gasteiger partial charge < -0.3 is 14.8 Å². The Balaban J connectivity index is 3.27. The van der Waals surface area contributed by atoms with Crippen LogP contribution in [0.15, 0.2) is 24.3 Å². The molecule has 130 valence electrons. The number of amides is 1. The molecule has 1 amide bonds. The van der Waals surface area contributed by atoms with E-state index in [0.717, 1.165) is 6.07 Å². The minimum Gasteiger partial charge on any atom is -0.464 e. The molecule has 0 aliphatic carbocycles. The molecule has 7 nitrogen and oxygen atoms in total. The van der Waals surface area contributed by atoms with Gasteiger partial charge in [0.05, 0.1) is 25.2 Å². The summed E-state index contributed by atoms with van der Waals surface area (Å²) in [6, 6.07) is 5.09. The summed E-state index contributed by atoms with van der Waals surface area (Å²) >= 11 is 0. The summed E-state index contributed by atoms with van der Waals surface area (Å²) in [4.78, 5) is 47.7. The molecule has 0 atom stereocenters. The van der Waals surface area contributed by atoms with E-state index in [1.165, 1.54) is 32.0 Å². The lowest BCUT2D eigenvalue weighted by atomic mass is 9.90. The Morgan fingerprint density at radius 3 is 2.12 bits per heavy atom. The van der Waals surface area contributed by atoms with Gasteiger partial charge in [-0.1, -0.05) is 12.1 Å². The Morgan fingerprint density at radius 1 is 1.12 bits per heavy atom. The normalized spacial score (nSPS) is 10.6. The Labute approximate surface area is 138 Å². The van der Waals surface area contributed by atoms with Crippen molar-refractivity contribution >= 4 is 24.1 Å². The predicted octanol–water partition coefficient (Wildman–Crippen LogP) is 1.01. The molecule has 0 fully saturated rings. The van der Waals surface area contributed by atoms with Gasteiger partial charge in [0.1, 0.15) is 5.82 Å².